The molecule has 5 nitrogen and oxygen atoms in total. The first-order chi connectivity index (χ1) is 15.9. The second kappa shape index (κ2) is 8.82. The zero-order chi connectivity index (χ0) is 23.0. The first-order valence-corrected chi connectivity index (χ1v) is 11.5. The Labute approximate surface area is 191 Å². The van der Waals surface area contributed by atoms with Gasteiger partial charge in [0.15, 0.2) is 0 Å². The summed E-state index contributed by atoms with van der Waals surface area (Å²) in [5.41, 5.74) is 3.95. The third-order valence-electron chi connectivity index (χ3n) is 6.88. The highest BCUT2D eigenvalue weighted by molar-refractivity contribution is 5.88. The predicted molar refractivity (Wildman–Crippen MR) is 124 cm³/mol. The highest BCUT2D eigenvalue weighted by Gasteiger charge is 2.35. The lowest BCUT2D eigenvalue weighted by Gasteiger charge is -2.29. The number of allylic oxidation sites excluding steroid dienone is 1. The van der Waals surface area contributed by atoms with Crippen molar-refractivity contribution in [1.82, 2.24) is 19.7 Å². The Balaban J connectivity index is 1.36. The SMILES string of the molecule is C=C(Nc1cc2cc(-c3cnn4c3CN(CCF)CC4)ccc2cn1)C1CCC(F)(F)CC1. The number of pyridine rings is 1. The summed E-state index contributed by atoms with van der Waals surface area (Å²) < 4.78 is 41.8. The molecule has 0 spiro atoms. The van der Waals surface area contributed by atoms with E-state index in [1.165, 1.54) is 0 Å². The lowest BCUT2D eigenvalue weighted by atomic mass is 9.85. The van der Waals surface area contributed by atoms with E-state index in [9.17, 15) is 13.2 Å². The highest BCUT2D eigenvalue weighted by Crippen LogP contribution is 2.39. The molecule has 1 saturated carbocycles. The number of alkyl halides is 3. The summed E-state index contributed by atoms with van der Waals surface area (Å²) in [6.45, 7) is 6.42. The normalized spacial score (nSPS) is 18.9. The van der Waals surface area contributed by atoms with Crippen LogP contribution in [0.15, 0.2) is 48.9 Å². The van der Waals surface area contributed by atoms with Crippen molar-refractivity contribution in [3.05, 3.63) is 54.6 Å². The molecule has 1 aromatic carbocycles. The Kier molecular flexibility index (Phi) is 5.86. The number of nitrogens with zero attached hydrogens (tertiary/aromatic N) is 4. The van der Waals surface area contributed by atoms with E-state index in [-0.39, 0.29) is 25.4 Å². The molecular formula is C25H28F3N5. The van der Waals surface area contributed by atoms with Crippen LogP contribution in [0.25, 0.3) is 21.9 Å². The summed E-state index contributed by atoms with van der Waals surface area (Å²) in [7, 11) is 0. The molecule has 8 heteroatoms. The van der Waals surface area contributed by atoms with Gasteiger partial charge >= 0.3 is 0 Å². The van der Waals surface area contributed by atoms with E-state index in [1.54, 1.807) is 6.20 Å². The Hall–Kier alpha value is -2.87. The summed E-state index contributed by atoms with van der Waals surface area (Å²) in [4.78, 5) is 6.60. The maximum atomic E-state index is 13.5. The smallest absolute Gasteiger partial charge is 0.248 e. The van der Waals surface area contributed by atoms with Gasteiger partial charge in [-0.15, -0.1) is 0 Å². The summed E-state index contributed by atoms with van der Waals surface area (Å²) in [5.74, 6) is -1.86. The number of fused-ring (bicyclic) bond motifs is 2. The van der Waals surface area contributed by atoms with Gasteiger partial charge in [0, 0.05) is 55.3 Å². The summed E-state index contributed by atoms with van der Waals surface area (Å²) >= 11 is 0. The predicted octanol–water partition coefficient (Wildman–Crippen LogP) is 5.63. The van der Waals surface area contributed by atoms with E-state index >= 15 is 0 Å². The maximum absolute atomic E-state index is 13.5. The molecule has 0 radical (unpaired) electrons. The van der Waals surface area contributed by atoms with Crippen LogP contribution in [-0.2, 0) is 13.1 Å². The number of halogens is 3. The molecule has 1 aliphatic heterocycles. The topological polar surface area (TPSA) is 46.0 Å². The first kappa shape index (κ1) is 21.9. The third-order valence-corrected chi connectivity index (χ3v) is 6.88. The van der Waals surface area contributed by atoms with Crippen molar-refractivity contribution in [2.45, 2.75) is 44.7 Å². The molecule has 0 atom stereocenters. The summed E-state index contributed by atoms with van der Waals surface area (Å²) in [6, 6.07) is 8.17. The summed E-state index contributed by atoms with van der Waals surface area (Å²) in [5, 5.41) is 9.80. The maximum Gasteiger partial charge on any atom is 0.248 e. The van der Waals surface area contributed by atoms with E-state index < -0.39 is 5.92 Å². The Morgan fingerprint density at radius 1 is 1.12 bits per heavy atom. The van der Waals surface area contributed by atoms with Crippen LogP contribution < -0.4 is 5.32 Å². The minimum Gasteiger partial charge on any atom is -0.344 e. The molecule has 1 fully saturated rings. The van der Waals surface area contributed by atoms with Crippen molar-refractivity contribution >= 4 is 16.6 Å². The van der Waals surface area contributed by atoms with E-state index in [2.05, 4.69) is 39.0 Å². The molecule has 0 unspecified atom stereocenters. The molecule has 33 heavy (non-hydrogen) atoms. The van der Waals surface area contributed by atoms with Gasteiger partial charge in [-0.25, -0.2) is 18.2 Å². The van der Waals surface area contributed by atoms with Gasteiger partial charge in [0.2, 0.25) is 5.92 Å². The number of hydrogen-bond acceptors (Lipinski definition) is 4. The number of nitrogens with one attached hydrogen (secondary N) is 1. The van der Waals surface area contributed by atoms with E-state index in [0.717, 1.165) is 46.4 Å². The quantitative estimate of drug-likeness (QED) is 0.523. The van der Waals surface area contributed by atoms with Gasteiger partial charge in [-0.2, -0.15) is 5.10 Å². The third kappa shape index (κ3) is 4.62. The van der Waals surface area contributed by atoms with Crippen LogP contribution in [0.5, 0.6) is 0 Å². The van der Waals surface area contributed by atoms with Gasteiger partial charge in [0.25, 0.3) is 0 Å². The molecule has 3 heterocycles. The van der Waals surface area contributed by atoms with Gasteiger partial charge in [-0.3, -0.25) is 9.58 Å². The van der Waals surface area contributed by atoms with Gasteiger partial charge in [0.1, 0.15) is 12.5 Å². The molecular weight excluding hydrogens is 427 g/mol. The van der Waals surface area contributed by atoms with Crippen molar-refractivity contribution in [2.75, 3.05) is 25.1 Å². The fraction of sp³-hybridized carbons (Fsp3) is 0.440. The van der Waals surface area contributed by atoms with Crippen LogP contribution in [0.2, 0.25) is 0 Å². The van der Waals surface area contributed by atoms with Crippen molar-refractivity contribution in [3.8, 4) is 11.1 Å². The van der Waals surface area contributed by atoms with Crippen molar-refractivity contribution in [2.24, 2.45) is 5.92 Å². The zero-order valence-corrected chi connectivity index (χ0v) is 18.5. The van der Waals surface area contributed by atoms with Gasteiger partial charge < -0.3 is 5.32 Å². The molecule has 0 saturated heterocycles. The number of aromatic nitrogens is 3. The van der Waals surface area contributed by atoms with Gasteiger partial charge in [-0.1, -0.05) is 18.7 Å². The molecule has 3 aromatic rings. The van der Waals surface area contributed by atoms with Crippen LogP contribution in [0.3, 0.4) is 0 Å². The standard InChI is InChI=1S/C25H28F3N5/c1-17(18-4-6-25(27,28)7-5-18)31-24-13-21-12-19(2-3-20(21)14-29-24)22-15-30-33-11-10-32(9-8-26)16-23(22)33/h2-3,12-15,18H,1,4-11,16H2,(H,29,31). The van der Waals surface area contributed by atoms with Crippen LogP contribution in [0.4, 0.5) is 19.0 Å². The minimum atomic E-state index is -2.55. The molecule has 1 aliphatic carbocycles. The Bertz CT molecular complexity index is 1160. The lowest BCUT2D eigenvalue weighted by molar-refractivity contribution is -0.0419. The van der Waals surface area contributed by atoms with Crippen molar-refractivity contribution < 1.29 is 13.2 Å². The molecule has 2 aromatic heterocycles. The number of anilines is 1. The first-order valence-electron chi connectivity index (χ1n) is 11.5. The van der Waals surface area contributed by atoms with Crippen molar-refractivity contribution in [1.29, 1.82) is 0 Å². The van der Waals surface area contributed by atoms with Crippen LogP contribution >= 0.6 is 0 Å². The number of benzene rings is 1. The average Bonchev–Trinajstić information content (AvgIpc) is 3.22. The molecule has 1 N–H and O–H groups in total. The number of hydrogen-bond donors (Lipinski definition) is 1. The van der Waals surface area contributed by atoms with Gasteiger partial charge in [-0.05, 0) is 41.8 Å². The second-order valence-corrected chi connectivity index (χ2v) is 9.11. The molecule has 0 amide bonds. The van der Waals surface area contributed by atoms with Crippen molar-refractivity contribution in [3.63, 3.8) is 0 Å². The van der Waals surface area contributed by atoms with Crippen LogP contribution in [0, 0.1) is 5.92 Å². The van der Waals surface area contributed by atoms with Crippen LogP contribution in [0.1, 0.15) is 31.4 Å². The average molecular weight is 456 g/mol. The minimum absolute atomic E-state index is 0.0275. The second-order valence-electron chi connectivity index (χ2n) is 9.11. The Morgan fingerprint density at radius 3 is 2.73 bits per heavy atom. The fourth-order valence-corrected chi connectivity index (χ4v) is 4.88. The molecule has 0 bridgehead atoms. The molecule has 174 valence electrons. The lowest BCUT2D eigenvalue weighted by Crippen LogP contribution is -2.35. The Morgan fingerprint density at radius 2 is 1.94 bits per heavy atom. The van der Waals surface area contributed by atoms with E-state index in [0.29, 0.717) is 31.7 Å². The molecule has 2 aliphatic rings. The van der Waals surface area contributed by atoms with Crippen LogP contribution in [-0.4, -0.2) is 45.4 Å². The monoisotopic (exact) mass is 455 g/mol. The largest absolute Gasteiger partial charge is 0.344 e. The fourth-order valence-electron chi connectivity index (χ4n) is 4.88. The van der Waals surface area contributed by atoms with E-state index in [4.69, 9.17) is 0 Å². The number of rotatable bonds is 6. The molecule has 5 rings (SSSR count). The van der Waals surface area contributed by atoms with E-state index in [1.807, 2.05) is 23.0 Å². The highest BCUT2D eigenvalue weighted by atomic mass is 19.3. The zero-order valence-electron chi connectivity index (χ0n) is 18.5. The summed E-state index contributed by atoms with van der Waals surface area (Å²) in [6.07, 6.45) is 4.37. The van der Waals surface area contributed by atoms with Gasteiger partial charge in [0.05, 0.1) is 18.4 Å².